The fourth-order valence-corrected chi connectivity index (χ4v) is 6.70. The molecule has 26 heavy (non-hydrogen) atoms. The zero-order chi connectivity index (χ0) is 17.7. The highest BCUT2D eigenvalue weighted by atomic mass is 127. The zero-order valence-electron chi connectivity index (χ0n) is 16.6. The first kappa shape index (κ1) is 20.8. The molecule has 1 aliphatic heterocycles. The van der Waals surface area contributed by atoms with Crippen LogP contribution in [0.1, 0.15) is 78.6 Å². The molecule has 0 aromatic heterocycles. The Hall–Kier alpha value is 0.0600. The smallest absolute Gasteiger partial charge is 0.172 e. The summed E-state index contributed by atoms with van der Waals surface area (Å²) in [6, 6.07) is 0. The Labute approximate surface area is 175 Å². The summed E-state index contributed by atoms with van der Waals surface area (Å²) in [6.07, 6.45) is 10.0. The maximum absolute atomic E-state index is 12.4. The van der Waals surface area contributed by atoms with Gasteiger partial charge in [0.15, 0.2) is 5.79 Å². The molecule has 0 amide bonds. The molecule has 0 radical (unpaired) electrons. The van der Waals surface area contributed by atoms with Crippen molar-refractivity contribution >= 4 is 29.8 Å². The molecule has 4 aliphatic carbocycles. The van der Waals surface area contributed by atoms with E-state index in [0.717, 1.165) is 63.6 Å². The lowest BCUT2D eigenvalue weighted by Crippen LogP contribution is -2.45. The van der Waals surface area contributed by atoms with Crippen LogP contribution in [-0.2, 0) is 14.3 Å². The molecule has 5 rings (SSSR count). The number of hydrogen-bond acceptors (Lipinski definition) is 3. The van der Waals surface area contributed by atoms with Gasteiger partial charge in [0.1, 0.15) is 5.78 Å². The predicted molar refractivity (Wildman–Crippen MR) is 114 cm³/mol. The minimum atomic E-state index is -0.280. The molecule has 4 heteroatoms. The van der Waals surface area contributed by atoms with Gasteiger partial charge in [0.25, 0.3) is 0 Å². The lowest BCUT2D eigenvalue weighted by Gasteiger charge is -2.51. The van der Waals surface area contributed by atoms with Crippen molar-refractivity contribution in [1.82, 2.24) is 0 Å². The quantitative estimate of drug-likeness (QED) is 0.336. The van der Waals surface area contributed by atoms with Crippen LogP contribution in [0, 0.1) is 23.2 Å². The molecule has 4 atom stereocenters. The van der Waals surface area contributed by atoms with Gasteiger partial charge in [-0.05, 0) is 56.3 Å². The summed E-state index contributed by atoms with van der Waals surface area (Å²) in [5.74, 6) is 2.44. The van der Waals surface area contributed by atoms with Gasteiger partial charge >= 0.3 is 0 Å². The van der Waals surface area contributed by atoms with Crippen LogP contribution in [-0.4, -0.2) is 24.8 Å². The largest absolute Gasteiger partial charge is 0.347 e. The number of Topliss-reactive ketones (excluding diaryl/α,β-unsaturated/α-hetero) is 1. The Morgan fingerprint density at radius 1 is 0.962 bits per heavy atom. The van der Waals surface area contributed by atoms with Crippen molar-refractivity contribution < 1.29 is 14.3 Å². The summed E-state index contributed by atoms with van der Waals surface area (Å²) >= 11 is 0. The molecule has 3 fully saturated rings. The first-order valence-corrected chi connectivity index (χ1v) is 10.6. The Balaban J connectivity index is 0.000000633. The predicted octanol–water partition coefficient (Wildman–Crippen LogP) is 5.66. The second-order valence-electron chi connectivity index (χ2n) is 8.75. The highest BCUT2D eigenvalue weighted by Crippen LogP contribution is 2.60. The number of rotatable bonds is 0. The number of ketones is 1. The third kappa shape index (κ3) is 3.12. The molecule has 0 bridgehead atoms. The molecule has 0 aromatic carbocycles. The van der Waals surface area contributed by atoms with Gasteiger partial charge in [-0.1, -0.05) is 31.9 Å². The maximum Gasteiger partial charge on any atom is 0.172 e. The number of halogens is 1. The van der Waals surface area contributed by atoms with Gasteiger partial charge in [0.05, 0.1) is 13.2 Å². The summed E-state index contributed by atoms with van der Waals surface area (Å²) in [5.41, 5.74) is 3.40. The summed E-state index contributed by atoms with van der Waals surface area (Å²) in [5, 5.41) is 0. The molecule has 148 valence electrons. The van der Waals surface area contributed by atoms with Gasteiger partial charge in [-0.3, -0.25) is 4.79 Å². The van der Waals surface area contributed by atoms with E-state index in [9.17, 15) is 4.79 Å². The van der Waals surface area contributed by atoms with Gasteiger partial charge < -0.3 is 9.47 Å². The van der Waals surface area contributed by atoms with E-state index >= 15 is 0 Å². The van der Waals surface area contributed by atoms with Crippen LogP contribution in [0.4, 0.5) is 0 Å². The molecule has 1 spiro atoms. The second kappa shape index (κ2) is 7.82. The summed E-state index contributed by atoms with van der Waals surface area (Å²) in [6.45, 7) is 7.79. The lowest BCUT2D eigenvalue weighted by atomic mass is 9.54. The van der Waals surface area contributed by atoms with E-state index in [4.69, 9.17) is 9.47 Å². The average molecular weight is 474 g/mol. The fourth-order valence-electron chi connectivity index (χ4n) is 6.70. The highest BCUT2D eigenvalue weighted by molar-refractivity contribution is 14.0. The second-order valence-corrected chi connectivity index (χ2v) is 8.75. The molecule has 0 N–H and O–H groups in total. The van der Waals surface area contributed by atoms with E-state index in [1.54, 1.807) is 11.1 Å². The first-order chi connectivity index (χ1) is 12.1. The summed E-state index contributed by atoms with van der Waals surface area (Å²) in [7, 11) is 0. The molecular formula is C22H35IO3. The molecule has 4 unspecified atom stereocenters. The van der Waals surface area contributed by atoms with Crippen molar-refractivity contribution in [2.75, 3.05) is 13.2 Å². The fraction of sp³-hybridized carbons (Fsp3) is 0.864. The number of carbonyl (C=O) groups is 1. The third-order valence-electron chi connectivity index (χ3n) is 7.90. The number of hydrogen-bond donors (Lipinski definition) is 0. The minimum absolute atomic E-state index is 0. The zero-order valence-corrected chi connectivity index (χ0v) is 19.0. The monoisotopic (exact) mass is 474 g/mol. The van der Waals surface area contributed by atoms with E-state index in [1.807, 2.05) is 13.8 Å². The standard InChI is InChI=1S/C20H28O3.C2H6.HI/c1-19-8-6-15-14-7-9-20(22-10-11-23-20)12-13(14)2-3-16(15)17(19)4-5-18(19)21;1-2;/h15-17H,2-12H2,1H3;1-2H3;1H. The van der Waals surface area contributed by atoms with Crippen LogP contribution in [0.25, 0.3) is 0 Å². The molecule has 0 aromatic rings. The lowest BCUT2D eigenvalue weighted by molar-refractivity contribution is -0.165. The van der Waals surface area contributed by atoms with Gasteiger partial charge in [-0.15, -0.1) is 24.0 Å². The summed E-state index contributed by atoms with van der Waals surface area (Å²) < 4.78 is 11.9. The SMILES string of the molecule is CC.CC12CCC3C4=C(CCC3C1CCC2=O)CC1(CC4)OCCO1.I. The van der Waals surface area contributed by atoms with Crippen LogP contribution in [0.3, 0.4) is 0 Å². The molecule has 2 saturated carbocycles. The molecule has 1 saturated heterocycles. The average Bonchev–Trinajstić information content (AvgIpc) is 3.21. The Kier molecular flexibility index (Phi) is 6.25. The van der Waals surface area contributed by atoms with Crippen LogP contribution >= 0.6 is 24.0 Å². The minimum Gasteiger partial charge on any atom is -0.347 e. The third-order valence-corrected chi connectivity index (χ3v) is 7.90. The van der Waals surface area contributed by atoms with Crippen molar-refractivity contribution in [3.05, 3.63) is 11.1 Å². The van der Waals surface area contributed by atoms with Gasteiger partial charge in [0, 0.05) is 24.7 Å². The number of carbonyl (C=O) groups excluding carboxylic acids is 1. The van der Waals surface area contributed by atoms with E-state index < -0.39 is 0 Å². The molecule has 1 heterocycles. The van der Waals surface area contributed by atoms with Crippen LogP contribution in [0.2, 0.25) is 0 Å². The Morgan fingerprint density at radius 3 is 2.42 bits per heavy atom. The van der Waals surface area contributed by atoms with Crippen molar-refractivity contribution in [2.24, 2.45) is 23.2 Å². The van der Waals surface area contributed by atoms with Crippen molar-refractivity contribution in [3.8, 4) is 0 Å². The topological polar surface area (TPSA) is 35.5 Å². The number of fused-ring (bicyclic) bond motifs is 4. The Bertz CT molecular complexity index is 578. The Morgan fingerprint density at radius 2 is 1.69 bits per heavy atom. The van der Waals surface area contributed by atoms with Crippen molar-refractivity contribution in [2.45, 2.75) is 84.3 Å². The van der Waals surface area contributed by atoms with E-state index in [2.05, 4.69) is 6.92 Å². The summed E-state index contributed by atoms with van der Waals surface area (Å²) in [4.78, 5) is 12.4. The number of ether oxygens (including phenoxy) is 2. The molecule has 3 nitrogen and oxygen atoms in total. The van der Waals surface area contributed by atoms with Crippen LogP contribution < -0.4 is 0 Å². The molecular weight excluding hydrogens is 439 g/mol. The van der Waals surface area contributed by atoms with Crippen LogP contribution in [0.15, 0.2) is 11.1 Å². The first-order valence-electron chi connectivity index (χ1n) is 10.6. The number of allylic oxidation sites excluding steroid dienone is 1. The van der Waals surface area contributed by atoms with Crippen LogP contribution in [0.5, 0.6) is 0 Å². The van der Waals surface area contributed by atoms with Crippen molar-refractivity contribution in [1.29, 1.82) is 0 Å². The maximum atomic E-state index is 12.4. The van der Waals surface area contributed by atoms with Gasteiger partial charge in [-0.25, -0.2) is 0 Å². The van der Waals surface area contributed by atoms with Gasteiger partial charge in [-0.2, -0.15) is 0 Å². The highest BCUT2D eigenvalue weighted by Gasteiger charge is 2.55. The van der Waals surface area contributed by atoms with Gasteiger partial charge in [0.2, 0.25) is 0 Å². The van der Waals surface area contributed by atoms with E-state index in [0.29, 0.717) is 11.7 Å². The normalized spacial score (nSPS) is 40.1. The van der Waals surface area contributed by atoms with E-state index in [-0.39, 0.29) is 35.2 Å². The molecule has 5 aliphatic rings. The van der Waals surface area contributed by atoms with E-state index in [1.165, 1.54) is 19.3 Å². The van der Waals surface area contributed by atoms with Crippen molar-refractivity contribution in [3.63, 3.8) is 0 Å².